The van der Waals surface area contributed by atoms with Crippen molar-refractivity contribution < 1.29 is 46.4 Å². The average Bonchev–Trinajstić information content (AvgIpc) is 2.63. The molecule has 2 aromatic heterocycles. The molecule has 1 radical (unpaired) electrons. The molecule has 1 aromatic carbocycles. The monoisotopic (exact) mass is 577 g/mol. The fourth-order valence-corrected chi connectivity index (χ4v) is 1.86. The van der Waals surface area contributed by atoms with Crippen LogP contribution >= 0.6 is 0 Å². The maximum Gasteiger partial charge on any atom is 0.399 e. The number of rotatable bonds is 1. The van der Waals surface area contributed by atoms with E-state index in [0.717, 1.165) is 0 Å². The van der Waals surface area contributed by atoms with Gasteiger partial charge in [-0.25, -0.2) is 0 Å². The second-order valence-corrected chi connectivity index (χ2v) is 4.93. The number of nitrogens with zero attached hydrogens (tertiary/aromatic N) is 2. The van der Waals surface area contributed by atoms with Crippen LogP contribution in [0.2, 0.25) is 0 Å². The van der Waals surface area contributed by atoms with E-state index in [1.165, 1.54) is 24.4 Å². The Balaban J connectivity index is 0.000000782. The van der Waals surface area contributed by atoms with E-state index in [2.05, 4.69) is 9.97 Å². The minimum Gasteiger partial charge on any atom is -0.358 e. The molecule has 0 aliphatic carbocycles. The van der Waals surface area contributed by atoms with Crippen molar-refractivity contribution in [3.8, 4) is 11.3 Å². The second-order valence-electron chi connectivity index (χ2n) is 4.93. The molecule has 2 nitrogen and oxygen atoms in total. The van der Waals surface area contributed by atoms with Crippen molar-refractivity contribution in [1.82, 2.24) is 9.97 Å². The maximum absolute atomic E-state index is 12.7. The van der Waals surface area contributed by atoms with Gasteiger partial charge in [-0.05, 0) is 35.0 Å². The molecule has 0 atom stereocenters. The first-order chi connectivity index (χ1) is 12.2. The first kappa shape index (κ1) is 25.7. The summed E-state index contributed by atoms with van der Waals surface area (Å²) in [5.41, 5.74) is -3.23. The van der Waals surface area contributed by atoms with Crippen LogP contribution in [0.1, 0.15) is 11.1 Å². The van der Waals surface area contributed by atoms with E-state index in [9.17, 15) is 26.3 Å². The van der Waals surface area contributed by atoms with Crippen molar-refractivity contribution in [3.05, 3.63) is 91.7 Å². The van der Waals surface area contributed by atoms with Crippen LogP contribution in [-0.2, 0) is 32.5 Å². The number of aromatic nitrogens is 2. The largest absolute Gasteiger partial charge is 0.399 e. The van der Waals surface area contributed by atoms with E-state index < -0.39 is 23.5 Å². The van der Waals surface area contributed by atoms with Crippen LogP contribution in [-0.4, -0.2) is 9.97 Å². The number of benzene rings is 1. The van der Waals surface area contributed by atoms with Gasteiger partial charge in [0, 0.05) is 38.7 Å². The van der Waals surface area contributed by atoms with Gasteiger partial charge in [-0.1, -0.05) is 18.2 Å². The van der Waals surface area contributed by atoms with Crippen LogP contribution in [0.3, 0.4) is 0 Å². The Bertz CT molecular complexity index is 762. The molecule has 28 heavy (non-hydrogen) atoms. The van der Waals surface area contributed by atoms with Crippen molar-refractivity contribution in [1.29, 1.82) is 0 Å². The molecule has 0 spiro atoms. The van der Waals surface area contributed by atoms with E-state index >= 15 is 0 Å². The molecule has 3 aromatic rings. The zero-order chi connectivity index (χ0) is 19.2. The van der Waals surface area contributed by atoms with Gasteiger partial charge >= 0.3 is 12.4 Å². The normalized spacial score (nSPS) is 10.6. The third-order valence-corrected chi connectivity index (χ3v) is 3.01. The quantitative estimate of drug-likeness (QED) is 0.258. The standard InChI is InChI=1S/C13H6F6N.C5H5N.CH3.Ir/c14-12(15,16)9-5-8(11-3-1-2-4-20-11)6-10(7-9)13(17,18)19;1-2-4-6-5-3-1;;/h1-5,7H;1-5H;1H3;/q-1;;-1;. The molecule has 153 valence electrons. The number of halogens is 6. The minimum absolute atomic E-state index is 0. The van der Waals surface area contributed by atoms with Gasteiger partial charge in [0.1, 0.15) is 0 Å². The molecule has 3 rings (SSSR count). The van der Waals surface area contributed by atoms with Crippen molar-refractivity contribution in [2.75, 3.05) is 0 Å². The molecule has 0 saturated heterocycles. The molecule has 0 amide bonds. The Morgan fingerprint density at radius 1 is 0.750 bits per heavy atom. The molecule has 0 N–H and O–H groups in total. The van der Waals surface area contributed by atoms with Gasteiger partial charge in [-0.3, -0.25) is 4.98 Å². The van der Waals surface area contributed by atoms with Gasteiger partial charge < -0.3 is 12.4 Å². The van der Waals surface area contributed by atoms with Gasteiger partial charge in [0.2, 0.25) is 0 Å². The molecule has 0 bridgehead atoms. The summed E-state index contributed by atoms with van der Waals surface area (Å²) in [5, 5.41) is 0. The number of hydrogen-bond donors (Lipinski definition) is 0. The van der Waals surface area contributed by atoms with Gasteiger partial charge in [0.25, 0.3) is 0 Å². The van der Waals surface area contributed by atoms with Crippen molar-refractivity contribution in [2.24, 2.45) is 0 Å². The van der Waals surface area contributed by atoms with E-state index in [1.54, 1.807) is 12.4 Å². The summed E-state index contributed by atoms with van der Waals surface area (Å²) in [6, 6.07) is 12.5. The Morgan fingerprint density at radius 2 is 1.36 bits per heavy atom. The third kappa shape index (κ3) is 7.78. The van der Waals surface area contributed by atoms with E-state index in [1.807, 2.05) is 24.3 Å². The summed E-state index contributed by atoms with van der Waals surface area (Å²) in [4.78, 5) is 7.51. The Kier molecular flexibility index (Phi) is 10.0. The fourth-order valence-electron chi connectivity index (χ4n) is 1.86. The van der Waals surface area contributed by atoms with E-state index in [-0.39, 0.29) is 44.9 Å². The molecular weight excluding hydrogens is 562 g/mol. The Labute approximate surface area is 172 Å². The Morgan fingerprint density at radius 3 is 1.75 bits per heavy atom. The number of pyridine rings is 2. The minimum atomic E-state index is -4.91. The summed E-state index contributed by atoms with van der Waals surface area (Å²) in [7, 11) is 0. The third-order valence-electron chi connectivity index (χ3n) is 3.01. The summed E-state index contributed by atoms with van der Waals surface area (Å²) in [6.07, 6.45) is -5.01. The van der Waals surface area contributed by atoms with E-state index in [4.69, 9.17) is 0 Å². The summed E-state index contributed by atoms with van der Waals surface area (Å²) in [6.45, 7) is 0. The summed E-state index contributed by atoms with van der Waals surface area (Å²) >= 11 is 0. The molecule has 0 aliphatic rings. The number of hydrogen-bond acceptors (Lipinski definition) is 2. The smallest absolute Gasteiger partial charge is 0.358 e. The molecule has 9 heteroatoms. The predicted octanol–water partition coefficient (Wildman–Crippen LogP) is 6.12. The SMILES string of the molecule is FC(F)(F)c1[c-]c(-c2ccccn2)cc(C(F)(F)F)c1.[CH3-].[Ir].c1ccncc1. The van der Waals surface area contributed by atoms with E-state index in [0.29, 0.717) is 6.07 Å². The molecule has 2 heterocycles. The first-order valence-electron chi connectivity index (χ1n) is 7.16. The molecular formula is C19H14F6IrN2-2. The van der Waals surface area contributed by atoms with Crippen molar-refractivity contribution >= 4 is 0 Å². The van der Waals surface area contributed by atoms with Crippen LogP contribution in [0.4, 0.5) is 26.3 Å². The number of alkyl halides is 6. The summed E-state index contributed by atoms with van der Waals surface area (Å²) < 4.78 is 75.8. The zero-order valence-corrected chi connectivity index (χ0v) is 16.7. The molecule has 0 aliphatic heterocycles. The second kappa shape index (κ2) is 10.9. The summed E-state index contributed by atoms with van der Waals surface area (Å²) in [5.74, 6) is 0. The maximum atomic E-state index is 12.7. The topological polar surface area (TPSA) is 25.8 Å². The van der Waals surface area contributed by atoms with Crippen LogP contribution in [0, 0.1) is 13.5 Å². The zero-order valence-electron chi connectivity index (χ0n) is 14.3. The van der Waals surface area contributed by atoms with Gasteiger partial charge in [-0.15, -0.1) is 23.8 Å². The van der Waals surface area contributed by atoms with Gasteiger partial charge in [0.05, 0.1) is 0 Å². The fraction of sp³-hybridized carbons (Fsp3) is 0.105. The molecule has 0 unspecified atom stereocenters. The van der Waals surface area contributed by atoms with Crippen molar-refractivity contribution in [2.45, 2.75) is 12.4 Å². The molecule has 0 fully saturated rings. The van der Waals surface area contributed by atoms with Gasteiger partial charge in [-0.2, -0.15) is 26.3 Å². The first-order valence-corrected chi connectivity index (χ1v) is 7.16. The predicted molar refractivity (Wildman–Crippen MR) is 89.2 cm³/mol. The van der Waals surface area contributed by atoms with Crippen LogP contribution in [0.5, 0.6) is 0 Å². The van der Waals surface area contributed by atoms with Crippen LogP contribution in [0.15, 0.2) is 67.1 Å². The van der Waals surface area contributed by atoms with Crippen molar-refractivity contribution in [3.63, 3.8) is 0 Å². The Hall–Kier alpha value is -2.25. The van der Waals surface area contributed by atoms with Gasteiger partial charge in [0.15, 0.2) is 0 Å². The van der Waals surface area contributed by atoms with Crippen LogP contribution in [0.25, 0.3) is 11.3 Å². The van der Waals surface area contributed by atoms with Crippen LogP contribution < -0.4 is 0 Å². The molecule has 0 saturated carbocycles. The average molecular weight is 577 g/mol.